The van der Waals surface area contributed by atoms with Gasteiger partial charge in [0, 0.05) is 90.3 Å². The van der Waals surface area contributed by atoms with Crippen LogP contribution in [-0.2, 0) is 21.9 Å². The van der Waals surface area contributed by atoms with E-state index in [0.29, 0.717) is 44.1 Å². The molecule has 0 spiro atoms. The van der Waals surface area contributed by atoms with Gasteiger partial charge >= 0.3 is 0 Å². The Hall–Kier alpha value is -3.73. The van der Waals surface area contributed by atoms with Crippen LogP contribution in [0, 0.1) is 0 Å². The summed E-state index contributed by atoms with van der Waals surface area (Å²) in [6.45, 7) is 9.00. The first-order valence-corrected chi connectivity index (χ1v) is 15.8. The van der Waals surface area contributed by atoms with E-state index in [1.165, 1.54) is 5.56 Å². The zero-order chi connectivity index (χ0) is 30.0. The van der Waals surface area contributed by atoms with Crippen molar-refractivity contribution in [1.82, 2.24) is 24.7 Å². The number of rotatable bonds is 10. The summed E-state index contributed by atoms with van der Waals surface area (Å²) in [5.41, 5.74) is 3.86. The Bertz CT molecular complexity index is 1390. The maximum Gasteiger partial charge on any atom is 0.253 e. The van der Waals surface area contributed by atoms with Crippen molar-refractivity contribution in [3.05, 3.63) is 89.1 Å². The van der Waals surface area contributed by atoms with Crippen LogP contribution >= 0.6 is 11.8 Å². The van der Waals surface area contributed by atoms with Crippen molar-refractivity contribution in [2.75, 3.05) is 70.9 Å². The number of benzene rings is 2. The number of nitrogens with zero attached hydrogens (tertiary/aromatic N) is 6. The van der Waals surface area contributed by atoms with Gasteiger partial charge < -0.3 is 19.4 Å². The lowest BCUT2D eigenvalue weighted by atomic mass is 10.1. The number of hydrogen-bond donors (Lipinski definition) is 0. The fraction of sp³-hybridized carbons (Fsp3) is 0.394. The van der Waals surface area contributed by atoms with Gasteiger partial charge in [0.15, 0.2) is 5.16 Å². The second-order valence-electron chi connectivity index (χ2n) is 10.8. The molecule has 9 nitrogen and oxygen atoms in total. The number of ether oxygens (including phenoxy) is 1. The van der Waals surface area contributed by atoms with E-state index in [4.69, 9.17) is 14.7 Å². The number of carbonyl (C=O) groups is 2. The molecule has 43 heavy (non-hydrogen) atoms. The molecule has 5 rings (SSSR count). The molecule has 2 aliphatic rings. The summed E-state index contributed by atoms with van der Waals surface area (Å²) < 4.78 is 5.40. The average molecular weight is 601 g/mol. The molecule has 10 heteroatoms. The van der Waals surface area contributed by atoms with Crippen LogP contribution in [0.2, 0.25) is 0 Å². The molecule has 0 atom stereocenters. The number of methoxy groups -OCH3 is 1. The van der Waals surface area contributed by atoms with Crippen molar-refractivity contribution in [1.29, 1.82) is 0 Å². The lowest BCUT2D eigenvalue weighted by Gasteiger charge is -2.35. The van der Waals surface area contributed by atoms with Crippen LogP contribution in [0.3, 0.4) is 0 Å². The first-order valence-electron chi connectivity index (χ1n) is 14.8. The minimum atomic E-state index is 0.00922. The Balaban J connectivity index is 1.14. The number of amides is 2. The normalized spacial score (nSPS) is 16.2. The summed E-state index contributed by atoms with van der Waals surface area (Å²) in [4.78, 5) is 42.6. The van der Waals surface area contributed by atoms with Gasteiger partial charge in [0.2, 0.25) is 5.91 Å². The standard InChI is InChI=1S/C33H40N6O3S/c1-26(40)37-19-21-39(22-20-37)32(41)29-12-10-28(11-13-29)25-43-33-34-30(24-42-2)23-31(35-33)38-17-15-36(16-18-38)14-6-9-27-7-4-3-5-8-27/h3-13,23H,14-22,24-25H2,1-2H3/b9-6+. The fourth-order valence-corrected chi connectivity index (χ4v) is 6.10. The lowest BCUT2D eigenvalue weighted by Crippen LogP contribution is -2.50. The molecule has 3 heterocycles. The van der Waals surface area contributed by atoms with Gasteiger partial charge in [0.05, 0.1) is 12.3 Å². The summed E-state index contributed by atoms with van der Waals surface area (Å²) >= 11 is 1.59. The molecule has 226 valence electrons. The van der Waals surface area contributed by atoms with E-state index in [0.717, 1.165) is 55.0 Å². The van der Waals surface area contributed by atoms with E-state index < -0.39 is 0 Å². The van der Waals surface area contributed by atoms with Gasteiger partial charge in [-0.05, 0) is 23.3 Å². The van der Waals surface area contributed by atoms with Crippen LogP contribution in [0.1, 0.15) is 34.1 Å². The molecular formula is C33H40N6O3S. The van der Waals surface area contributed by atoms with Crippen LogP contribution in [0.5, 0.6) is 0 Å². The zero-order valence-electron chi connectivity index (χ0n) is 25.0. The molecule has 2 amide bonds. The molecule has 2 aliphatic heterocycles. The molecule has 0 aliphatic carbocycles. The van der Waals surface area contributed by atoms with Crippen molar-refractivity contribution in [3.8, 4) is 0 Å². The first kappa shape index (κ1) is 30.7. The third-order valence-corrected chi connectivity index (χ3v) is 8.71. The summed E-state index contributed by atoms with van der Waals surface area (Å²) in [5, 5.41) is 0.723. The van der Waals surface area contributed by atoms with Crippen LogP contribution in [0.25, 0.3) is 6.08 Å². The van der Waals surface area contributed by atoms with Crippen LogP contribution in [-0.4, -0.2) is 102 Å². The van der Waals surface area contributed by atoms with E-state index in [9.17, 15) is 9.59 Å². The van der Waals surface area contributed by atoms with Gasteiger partial charge in [-0.15, -0.1) is 0 Å². The summed E-state index contributed by atoms with van der Waals surface area (Å²) in [6, 6.07) is 20.2. The summed E-state index contributed by atoms with van der Waals surface area (Å²) in [7, 11) is 1.68. The highest BCUT2D eigenvalue weighted by molar-refractivity contribution is 7.98. The molecule has 1 aromatic heterocycles. The molecule has 0 unspecified atom stereocenters. The monoisotopic (exact) mass is 600 g/mol. The predicted octanol–water partition coefficient (Wildman–Crippen LogP) is 4.06. The minimum Gasteiger partial charge on any atom is -0.378 e. The van der Waals surface area contributed by atoms with Crippen LogP contribution in [0.4, 0.5) is 5.82 Å². The molecule has 2 saturated heterocycles. The Labute approximate surface area is 258 Å². The second-order valence-corrected chi connectivity index (χ2v) is 11.8. The van der Waals surface area contributed by atoms with Crippen molar-refractivity contribution in [3.63, 3.8) is 0 Å². The second kappa shape index (κ2) is 15.1. The molecule has 0 saturated carbocycles. The van der Waals surface area contributed by atoms with E-state index in [-0.39, 0.29) is 11.8 Å². The van der Waals surface area contributed by atoms with Crippen molar-refractivity contribution < 1.29 is 14.3 Å². The fourth-order valence-electron chi connectivity index (χ4n) is 5.27. The number of carbonyl (C=O) groups excluding carboxylic acids is 2. The highest BCUT2D eigenvalue weighted by Crippen LogP contribution is 2.24. The molecule has 0 radical (unpaired) electrons. The third-order valence-electron chi connectivity index (χ3n) is 7.79. The van der Waals surface area contributed by atoms with Gasteiger partial charge in [0.1, 0.15) is 5.82 Å². The van der Waals surface area contributed by atoms with E-state index in [1.807, 2.05) is 41.3 Å². The van der Waals surface area contributed by atoms with Gasteiger partial charge in [-0.3, -0.25) is 14.5 Å². The maximum atomic E-state index is 13.0. The lowest BCUT2D eigenvalue weighted by molar-refractivity contribution is -0.130. The third kappa shape index (κ3) is 8.65. The zero-order valence-corrected chi connectivity index (χ0v) is 25.8. The van der Waals surface area contributed by atoms with E-state index >= 15 is 0 Å². The van der Waals surface area contributed by atoms with E-state index in [1.54, 1.807) is 30.7 Å². The minimum absolute atomic E-state index is 0.00922. The van der Waals surface area contributed by atoms with E-state index in [2.05, 4.69) is 46.2 Å². The van der Waals surface area contributed by atoms with Crippen LogP contribution in [0.15, 0.2) is 71.9 Å². The number of aromatic nitrogens is 2. The Morgan fingerprint density at radius 1 is 0.884 bits per heavy atom. The average Bonchev–Trinajstić information content (AvgIpc) is 3.05. The van der Waals surface area contributed by atoms with Crippen LogP contribution < -0.4 is 4.90 Å². The first-order chi connectivity index (χ1) is 21.0. The maximum absolute atomic E-state index is 13.0. The van der Waals surface area contributed by atoms with Gasteiger partial charge in [-0.2, -0.15) is 0 Å². The number of anilines is 1. The quantitative estimate of drug-likeness (QED) is 0.255. The van der Waals surface area contributed by atoms with Crippen molar-refractivity contribution in [2.24, 2.45) is 0 Å². The molecule has 3 aromatic rings. The summed E-state index contributed by atoms with van der Waals surface area (Å²) in [6.07, 6.45) is 4.42. The Morgan fingerprint density at radius 3 is 2.26 bits per heavy atom. The predicted molar refractivity (Wildman–Crippen MR) is 171 cm³/mol. The van der Waals surface area contributed by atoms with Gasteiger partial charge in [0.25, 0.3) is 5.91 Å². The smallest absolute Gasteiger partial charge is 0.253 e. The topological polar surface area (TPSA) is 82.1 Å². The molecule has 2 aromatic carbocycles. The molecule has 2 fully saturated rings. The Kier molecular flexibility index (Phi) is 10.8. The van der Waals surface area contributed by atoms with Gasteiger partial charge in [-0.1, -0.05) is 66.4 Å². The molecule has 0 N–H and O–H groups in total. The SMILES string of the molecule is COCc1cc(N2CCN(C/C=C/c3ccccc3)CC2)nc(SCc2ccc(C(=O)N3CCN(C(C)=O)CC3)cc2)n1. The Morgan fingerprint density at radius 2 is 1.58 bits per heavy atom. The highest BCUT2D eigenvalue weighted by atomic mass is 32.2. The number of hydrogen-bond acceptors (Lipinski definition) is 8. The van der Waals surface area contributed by atoms with Crippen molar-refractivity contribution >= 4 is 35.5 Å². The molecular weight excluding hydrogens is 560 g/mol. The van der Waals surface area contributed by atoms with Crippen molar-refractivity contribution in [2.45, 2.75) is 24.4 Å². The number of piperazine rings is 2. The summed E-state index contributed by atoms with van der Waals surface area (Å²) in [5.74, 6) is 1.70. The molecule has 0 bridgehead atoms. The largest absolute Gasteiger partial charge is 0.378 e. The highest BCUT2D eigenvalue weighted by Gasteiger charge is 2.23. The number of thioether (sulfide) groups is 1. The van der Waals surface area contributed by atoms with Gasteiger partial charge in [-0.25, -0.2) is 9.97 Å².